The Morgan fingerprint density at radius 2 is 1.73 bits per heavy atom. The second kappa shape index (κ2) is 12.2. The van der Waals surface area contributed by atoms with E-state index in [9.17, 15) is 9.36 Å². The van der Waals surface area contributed by atoms with Crippen molar-refractivity contribution in [2.75, 3.05) is 19.8 Å². The fourth-order valence-electron chi connectivity index (χ4n) is 2.47. The molecule has 1 N–H and O–H groups in total. The molecule has 0 aromatic heterocycles. The van der Waals surface area contributed by atoms with E-state index in [1.807, 2.05) is 37.3 Å². The molecule has 6 nitrogen and oxygen atoms in total. The summed E-state index contributed by atoms with van der Waals surface area (Å²) in [6, 6.07) is 9.81. The Morgan fingerprint density at radius 1 is 1.12 bits per heavy atom. The summed E-state index contributed by atoms with van der Waals surface area (Å²) in [7, 11) is -3.27. The van der Waals surface area contributed by atoms with Crippen LogP contribution >= 0.6 is 7.60 Å². The van der Waals surface area contributed by atoms with Crippen LogP contribution in [0.1, 0.15) is 46.1 Å². The number of amides is 1. The molecular weight excluding hydrogens is 353 g/mol. The summed E-state index contributed by atoms with van der Waals surface area (Å²) in [4.78, 5) is 12.3. The number of rotatable bonds is 13. The number of carbonyl (C=O) groups is 1. The van der Waals surface area contributed by atoms with Gasteiger partial charge in [0.05, 0.1) is 38.1 Å². The van der Waals surface area contributed by atoms with Gasteiger partial charge in [0, 0.05) is 6.42 Å². The van der Waals surface area contributed by atoms with E-state index in [0.717, 1.165) is 12.0 Å². The zero-order valence-electron chi connectivity index (χ0n) is 16.3. The van der Waals surface area contributed by atoms with Crippen LogP contribution in [0.25, 0.3) is 0 Å². The van der Waals surface area contributed by atoms with Gasteiger partial charge in [-0.05, 0) is 25.8 Å². The summed E-state index contributed by atoms with van der Waals surface area (Å²) in [5.74, 6) is -0.174. The Morgan fingerprint density at radius 3 is 2.27 bits per heavy atom. The Bertz CT molecular complexity index is 556. The Hall–Kier alpha value is -1.20. The second-order valence-corrected chi connectivity index (χ2v) is 8.58. The topological polar surface area (TPSA) is 73.9 Å². The SMILES string of the molecule is CCOP(=O)(OCC)C(C)CC(=O)N[C@H](CC)COCc1ccccc1. The summed E-state index contributed by atoms with van der Waals surface area (Å²) in [6.45, 7) is 8.74. The molecule has 1 aromatic carbocycles. The van der Waals surface area contributed by atoms with E-state index in [1.54, 1.807) is 20.8 Å². The Kier molecular flexibility index (Phi) is 10.7. The molecule has 7 heteroatoms. The number of carbonyl (C=O) groups excluding carboxylic acids is 1. The monoisotopic (exact) mass is 385 g/mol. The van der Waals surface area contributed by atoms with Gasteiger partial charge in [0.15, 0.2) is 0 Å². The third-order valence-electron chi connectivity index (χ3n) is 3.93. The van der Waals surface area contributed by atoms with Gasteiger partial charge >= 0.3 is 7.60 Å². The molecule has 148 valence electrons. The molecule has 0 aliphatic heterocycles. The number of ether oxygens (including phenoxy) is 1. The van der Waals surface area contributed by atoms with Crippen molar-refractivity contribution in [3.05, 3.63) is 35.9 Å². The van der Waals surface area contributed by atoms with Crippen LogP contribution in [0.2, 0.25) is 0 Å². The molecule has 0 radical (unpaired) electrons. The van der Waals surface area contributed by atoms with E-state index >= 15 is 0 Å². The molecule has 0 bridgehead atoms. The molecule has 1 amide bonds. The molecule has 26 heavy (non-hydrogen) atoms. The van der Waals surface area contributed by atoms with Gasteiger partial charge in [-0.1, -0.05) is 44.2 Å². The van der Waals surface area contributed by atoms with Crippen molar-refractivity contribution in [2.45, 2.75) is 58.8 Å². The third kappa shape index (κ3) is 8.00. The maximum Gasteiger partial charge on any atom is 0.333 e. The first-order chi connectivity index (χ1) is 12.4. The number of nitrogens with one attached hydrogen (secondary N) is 1. The minimum atomic E-state index is -3.27. The highest BCUT2D eigenvalue weighted by Gasteiger charge is 2.33. The maximum atomic E-state index is 12.7. The first-order valence-electron chi connectivity index (χ1n) is 9.24. The van der Waals surface area contributed by atoms with E-state index in [0.29, 0.717) is 13.2 Å². The molecule has 0 saturated heterocycles. The van der Waals surface area contributed by atoms with E-state index < -0.39 is 13.3 Å². The molecule has 0 heterocycles. The van der Waals surface area contributed by atoms with Crippen molar-refractivity contribution in [2.24, 2.45) is 0 Å². The maximum absolute atomic E-state index is 12.7. The normalized spacial score (nSPS) is 14.0. The Balaban J connectivity index is 2.46. The van der Waals surface area contributed by atoms with Gasteiger partial charge in [0.25, 0.3) is 0 Å². The average molecular weight is 385 g/mol. The van der Waals surface area contributed by atoms with Gasteiger partial charge in [-0.3, -0.25) is 9.36 Å². The fourth-order valence-corrected chi connectivity index (χ4v) is 4.17. The minimum Gasteiger partial charge on any atom is -0.375 e. The minimum absolute atomic E-state index is 0.0861. The van der Waals surface area contributed by atoms with Crippen molar-refractivity contribution in [3.8, 4) is 0 Å². The smallest absolute Gasteiger partial charge is 0.333 e. The molecular formula is C19H32NO5P. The van der Waals surface area contributed by atoms with Crippen molar-refractivity contribution in [1.29, 1.82) is 0 Å². The average Bonchev–Trinajstić information content (AvgIpc) is 2.62. The zero-order valence-corrected chi connectivity index (χ0v) is 17.2. The molecule has 0 saturated carbocycles. The molecule has 0 fully saturated rings. The van der Waals surface area contributed by atoms with Crippen molar-refractivity contribution < 1.29 is 23.1 Å². The molecule has 2 atom stereocenters. The second-order valence-electron chi connectivity index (χ2n) is 6.10. The molecule has 1 unspecified atom stereocenters. The fraction of sp³-hybridized carbons (Fsp3) is 0.632. The zero-order chi connectivity index (χ0) is 19.4. The van der Waals surface area contributed by atoms with E-state index in [-0.39, 0.29) is 31.6 Å². The first-order valence-corrected chi connectivity index (χ1v) is 10.9. The predicted octanol–water partition coefficient (Wildman–Crippen LogP) is 4.14. The van der Waals surface area contributed by atoms with Gasteiger partial charge in [0.2, 0.25) is 5.91 Å². The Labute approximate surface area is 157 Å². The lowest BCUT2D eigenvalue weighted by Gasteiger charge is -2.24. The standard InChI is InChI=1S/C19H32NO5P/c1-5-18(15-23-14-17-11-9-8-10-12-17)20-19(21)13-16(4)26(22,24-6-2)25-7-3/h8-12,16,18H,5-7,13-15H2,1-4H3,(H,20,21)/t16?,18-/m1/s1. The highest BCUT2D eigenvalue weighted by Crippen LogP contribution is 2.53. The van der Waals surface area contributed by atoms with Gasteiger partial charge in [-0.2, -0.15) is 0 Å². The third-order valence-corrected chi connectivity index (χ3v) is 6.43. The summed E-state index contributed by atoms with van der Waals surface area (Å²) in [5.41, 5.74) is 0.599. The van der Waals surface area contributed by atoms with E-state index in [2.05, 4.69) is 5.32 Å². The largest absolute Gasteiger partial charge is 0.375 e. The molecule has 1 aromatic rings. The summed E-state index contributed by atoms with van der Waals surface area (Å²) in [6.07, 6.45) is 0.843. The lowest BCUT2D eigenvalue weighted by Crippen LogP contribution is -2.39. The van der Waals surface area contributed by atoms with Crippen molar-refractivity contribution in [1.82, 2.24) is 5.32 Å². The molecule has 0 aliphatic rings. The number of hydrogen-bond donors (Lipinski definition) is 1. The summed E-state index contributed by atoms with van der Waals surface area (Å²) < 4.78 is 29.0. The number of hydrogen-bond acceptors (Lipinski definition) is 5. The van der Waals surface area contributed by atoms with Gasteiger partial charge in [-0.15, -0.1) is 0 Å². The van der Waals surface area contributed by atoms with Crippen molar-refractivity contribution >= 4 is 13.5 Å². The molecule has 0 spiro atoms. The highest BCUT2D eigenvalue weighted by atomic mass is 31.2. The van der Waals surface area contributed by atoms with Gasteiger partial charge in [-0.25, -0.2) is 0 Å². The van der Waals surface area contributed by atoms with Gasteiger partial charge < -0.3 is 19.1 Å². The van der Waals surface area contributed by atoms with Crippen LogP contribution in [0, 0.1) is 0 Å². The highest BCUT2D eigenvalue weighted by molar-refractivity contribution is 7.54. The predicted molar refractivity (Wildman–Crippen MR) is 103 cm³/mol. The summed E-state index contributed by atoms with van der Waals surface area (Å²) >= 11 is 0. The van der Waals surface area contributed by atoms with Crippen LogP contribution in [0.15, 0.2) is 30.3 Å². The first kappa shape index (κ1) is 22.8. The van der Waals surface area contributed by atoms with Crippen LogP contribution in [-0.4, -0.2) is 37.4 Å². The number of benzene rings is 1. The van der Waals surface area contributed by atoms with Gasteiger partial charge in [0.1, 0.15) is 0 Å². The lowest BCUT2D eigenvalue weighted by molar-refractivity contribution is -0.122. The van der Waals surface area contributed by atoms with Crippen molar-refractivity contribution in [3.63, 3.8) is 0 Å². The molecule has 0 aliphatic carbocycles. The van der Waals surface area contributed by atoms with Crippen LogP contribution < -0.4 is 5.32 Å². The quantitative estimate of drug-likeness (QED) is 0.517. The molecule has 1 rings (SSSR count). The van der Waals surface area contributed by atoms with Crippen LogP contribution in [0.4, 0.5) is 0 Å². The van der Waals surface area contributed by atoms with E-state index in [1.165, 1.54) is 0 Å². The lowest BCUT2D eigenvalue weighted by atomic mass is 10.2. The van der Waals surface area contributed by atoms with Crippen LogP contribution in [-0.2, 0) is 29.8 Å². The van der Waals surface area contributed by atoms with E-state index in [4.69, 9.17) is 13.8 Å². The van der Waals surface area contributed by atoms with Crippen LogP contribution in [0.3, 0.4) is 0 Å². The van der Waals surface area contributed by atoms with Crippen LogP contribution in [0.5, 0.6) is 0 Å². The summed E-state index contributed by atoms with van der Waals surface area (Å²) in [5, 5.41) is 2.94.